The second-order valence-corrected chi connectivity index (χ2v) is 2.81. The molecule has 0 aliphatic heterocycles. The molecule has 0 spiro atoms. The highest BCUT2D eigenvalue weighted by Gasteiger charge is 2.22. The van der Waals surface area contributed by atoms with Crippen LogP contribution in [0.5, 0.6) is 0 Å². The van der Waals surface area contributed by atoms with Crippen LogP contribution in [0.3, 0.4) is 0 Å². The molecule has 0 heterocycles. The molecule has 9 heteroatoms. The van der Waals surface area contributed by atoms with Crippen molar-refractivity contribution in [2.75, 3.05) is 7.05 Å². The molecule has 0 fully saturated rings. The molecular weight excluding hydrogens is 238 g/mol. The van der Waals surface area contributed by atoms with Gasteiger partial charge in [-0.25, -0.2) is 14.4 Å². The van der Waals surface area contributed by atoms with E-state index in [1.54, 1.807) is 0 Å². The quantitative estimate of drug-likeness (QED) is 0.446. The Bertz CT molecular complexity index is 325. The molecule has 1 atom stereocenters. The van der Waals surface area contributed by atoms with Crippen molar-refractivity contribution in [2.24, 2.45) is 0 Å². The Hall–Kier alpha value is -2.16. The lowest BCUT2D eigenvalue weighted by molar-refractivity contribution is -0.142. The monoisotopic (exact) mass is 249 g/mol. The fraction of sp³-hybridized carbons (Fsp3) is 0.500. The van der Waals surface area contributed by atoms with E-state index in [0.29, 0.717) is 0 Å². The average Bonchev–Trinajstić information content (AvgIpc) is 2.16. The van der Waals surface area contributed by atoms with E-state index in [1.165, 1.54) is 7.05 Å². The Morgan fingerprint density at radius 2 is 1.65 bits per heavy atom. The van der Waals surface area contributed by atoms with Crippen molar-refractivity contribution in [1.29, 1.82) is 0 Å². The summed E-state index contributed by atoms with van der Waals surface area (Å²) in [5.74, 6) is -2.12. The molecule has 0 aromatic carbocycles. The molecule has 0 unspecified atom stereocenters. The Morgan fingerprint density at radius 1 is 1.12 bits per heavy atom. The summed E-state index contributed by atoms with van der Waals surface area (Å²) in [7, 11) is 1.36. The van der Waals surface area contributed by atoms with E-state index in [1.807, 2.05) is 0 Å². The molecule has 0 saturated carbocycles. The van der Waals surface area contributed by atoms with Crippen molar-refractivity contribution < 1.29 is 38.9 Å². The second-order valence-electron chi connectivity index (χ2n) is 2.81. The minimum atomic E-state index is -1.76. The van der Waals surface area contributed by atoms with Gasteiger partial charge in [0.1, 0.15) is 6.04 Å². The molecule has 0 aliphatic carbocycles. The molecule has 0 amide bonds. The topological polar surface area (TPSA) is 139 Å². The Morgan fingerprint density at radius 3 is 2.06 bits per heavy atom. The van der Waals surface area contributed by atoms with Gasteiger partial charge < -0.3 is 25.0 Å². The second kappa shape index (κ2) is 7.17. The summed E-state index contributed by atoms with van der Waals surface area (Å²) < 4.78 is 7.65. The zero-order chi connectivity index (χ0) is 13.4. The summed E-state index contributed by atoms with van der Waals surface area (Å²) in [4.78, 5) is 42.0. The lowest BCUT2D eigenvalue weighted by Gasteiger charge is -2.11. The maximum Gasteiger partial charge on any atom is 0.513 e. The van der Waals surface area contributed by atoms with Crippen LogP contribution in [0, 0.1) is 0 Å². The number of hydrogen-bond donors (Lipinski definition) is 3. The first kappa shape index (κ1) is 14.8. The zero-order valence-electron chi connectivity index (χ0n) is 8.84. The summed E-state index contributed by atoms with van der Waals surface area (Å²) in [6, 6.07) is -1.03. The summed E-state index contributed by atoms with van der Waals surface area (Å²) >= 11 is 0. The highest BCUT2D eigenvalue weighted by molar-refractivity contribution is 5.86. The van der Waals surface area contributed by atoms with Gasteiger partial charge >= 0.3 is 24.2 Å². The largest absolute Gasteiger partial charge is 0.513 e. The molecule has 3 N–H and O–H groups in total. The first-order valence-corrected chi connectivity index (χ1v) is 4.42. The van der Waals surface area contributed by atoms with E-state index >= 15 is 0 Å². The fourth-order valence-electron chi connectivity index (χ4n) is 0.948. The highest BCUT2D eigenvalue weighted by atomic mass is 16.7. The van der Waals surface area contributed by atoms with Gasteiger partial charge in [0.2, 0.25) is 0 Å². The van der Waals surface area contributed by atoms with Gasteiger partial charge in [-0.15, -0.1) is 0 Å². The van der Waals surface area contributed by atoms with Crippen LogP contribution in [0.15, 0.2) is 0 Å². The van der Waals surface area contributed by atoms with Crippen molar-refractivity contribution in [3.8, 4) is 0 Å². The Kier molecular flexibility index (Phi) is 6.26. The number of rotatable bonds is 5. The molecule has 0 saturated heterocycles. The van der Waals surface area contributed by atoms with Crippen LogP contribution in [0.1, 0.15) is 12.8 Å². The maximum atomic E-state index is 11.1. The van der Waals surface area contributed by atoms with Crippen molar-refractivity contribution in [3.63, 3.8) is 0 Å². The van der Waals surface area contributed by atoms with Gasteiger partial charge in [-0.3, -0.25) is 4.79 Å². The molecule has 0 radical (unpaired) electrons. The fourth-order valence-corrected chi connectivity index (χ4v) is 0.948. The van der Waals surface area contributed by atoms with Gasteiger partial charge in [-0.1, -0.05) is 0 Å². The number of likely N-dealkylation sites (N-methyl/N-ethyl adjacent to an activating group) is 1. The van der Waals surface area contributed by atoms with Crippen LogP contribution in [-0.4, -0.2) is 47.6 Å². The van der Waals surface area contributed by atoms with Crippen LogP contribution in [-0.2, 0) is 19.1 Å². The Labute approximate surface area is 95.3 Å². The lowest BCUT2D eigenvalue weighted by Crippen LogP contribution is -2.37. The van der Waals surface area contributed by atoms with Gasteiger partial charge in [0, 0.05) is 6.42 Å². The predicted octanol–water partition coefficient (Wildman–Crippen LogP) is -0.203. The summed E-state index contributed by atoms with van der Waals surface area (Å²) in [6.45, 7) is 0. The molecular formula is C8H11NO8. The van der Waals surface area contributed by atoms with Crippen LogP contribution >= 0.6 is 0 Å². The molecule has 17 heavy (non-hydrogen) atoms. The summed E-state index contributed by atoms with van der Waals surface area (Å²) in [6.07, 6.45) is -4.02. The smallest absolute Gasteiger partial charge is 0.449 e. The first-order chi connectivity index (χ1) is 7.86. The van der Waals surface area contributed by atoms with Crippen LogP contribution in [0.2, 0.25) is 0 Å². The highest BCUT2D eigenvalue weighted by Crippen LogP contribution is 2.02. The van der Waals surface area contributed by atoms with Gasteiger partial charge in [-0.05, 0) is 13.5 Å². The molecule has 0 aliphatic rings. The van der Waals surface area contributed by atoms with Crippen LogP contribution in [0.25, 0.3) is 0 Å². The maximum absolute atomic E-state index is 11.1. The average molecular weight is 249 g/mol. The van der Waals surface area contributed by atoms with Crippen molar-refractivity contribution in [2.45, 2.75) is 18.9 Å². The van der Waals surface area contributed by atoms with Gasteiger partial charge in [0.15, 0.2) is 0 Å². The SMILES string of the molecule is CN[C@@H](CCC(=O)OC(=O)O)C(=O)OC(=O)O. The van der Waals surface area contributed by atoms with Crippen molar-refractivity contribution in [3.05, 3.63) is 0 Å². The van der Waals surface area contributed by atoms with Gasteiger partial charge in [0.05, 0.1) is 0 Å². The molecule has 96 valence electrons. The predicted molar refractivity (Wildman–Crippen MR) is 50.3 cm³/mol. The van der Waals surface area contributed by atoms with Crippen LogP contribution < -0.4 is 5.32 Å². The van der Waals surface area contributed by atoms with E-state index in [9.17, 15) is 19.2 Å². The molecule has 0 rings (SSSR count). The molecule has 9 nitrogen and oxygen atoms in total. The van der Waals surface area contributed by atoms with Crippen molar-refractivity contribution >= 4 is 24.2 Å². The standard InChI is InChI=1S/C8H11NO8/c1-9-4(6(11)17-8(14)15)2-3-5(10)16-7(12)13/h4,9H,2-3H2,1H3,(H,12,13)(H,14,15)/t4-/m0/s1. The third kappa shape index (κ3) is 6.84. The number of esters is 2. The zero-order valence-corrected chi connectivity index (χ0v) is 8.84. The van der Waals surface area contributed by atoms with Gasteiger partial charge in [0.25, 0.3) is 0 Å². The minimum Gasteiger partial charge on any atom is -0.449 e. The van der Waals surface area contributed by atoms with E-state index in [0.717, 1.165) is 0 Å². The van der Waals surface area contributed by atoms with Crippen molar-refractivity contribution in [1.82, 2.24) is 5.32 Å². The molecule has 0 aromatic heterocycles. The molecule has 0 aromatic rings. The lowest BCUT2D eigenvalue weighted by atomic mass is 10.1. The van der Waals surface area contributed by atoms with Crippen LogP contribution in [0.4, 0.5) is 9.59 Å². The number of hydrogen-bond acceptors (Lipinski definition) is 7. The number of nitrogens with one attached hydrogen (secondary N) is 1. The normalized spacial score (nSPS) is 11.4. The van der Waals surface area contributed by atoms with Gasteiger partial charge in [-0.2, -0.15) is 0 Å². The number of carbonyl (C=O) groups excluding carboxylic acids is 2. The van der Waals surface area contributed by atoms with E-state index in [2.05, 4.69) is 14.8 Å². The number of carbonyl (C=O) groups is 4. The van der Waals surface area contributed by atoms with E-state index in [4.69, 9.17) is 10.2 Å². The first-order valence-electron chi connectivity index (χ1n) is 4.42. The third-order valence-corrected chi connectivity index (χ3v) is 1.66. The van der Waals surface area contributed by atoms with E-state index < -0.39 is 30.3 Å². The third-order valence-electron chi connectivity index (χ3n) is 1.66. The minimum absolute atomic E-state index is 0.144. The molecule has 0 bridgehead atoms. The summed E-state index contributed by atoms with van der Waals surface area (Å²) in [5.41, 5.74) is 0. The summed E-state index contributed by atoms with van der Waals surface area (Å²) in [5, 5.41) is 18.7. The Balaban J connectivity index is 4.13. The van der Waals surface area contributed by atoms with E-state index in [-0.39, 0.29) is 12.8 Å². The number of ether oxygens (including phenoxy) is 2. The number of carboxylic acid groups (broad SMARTS) is 2.